The normalized spacial score (nSPS) is 17.6. The van der Waals surface area contributed by atoms with Crippen molar-refractivity contribution in [3.05, 3.63) is 114 Å². The summed E-state index contributed by atoms with van der Waals surface area (Å²) in [6.45, 7) is 0.268. The number of fused-ring (bicyclic) bond motifs is 2. The van der Waals surface area contributed by atoms with Crippen molar-refractivity contribution in [2.24, 2.45) is 0 Å². The highest BCUT2D eigenvalue weighted by molar-refractivity contribution is 6.11. The Hall–Kier alpha value is -3.83. The molecule has 1 unspecified atom stereocenters. The maximum Gasteiger partial charge on any atom is 0.264 e. The van der Waals surface area contributed by atoms with Crippen molar-refractivity contribution in [2.75, 3.05) is 4.90 Å². The molecule has 0 spiro atoms. The van der Waals surface area contributed by atoms with E-state index in [1.54, 1.807) is 24.3 Å². The van der Waals surface area contributed by atoms with Gasteiger partial charge < -0.3 is 10.0 Å². The minimum absolute atomic E-state index is 0.248. The van der Waals surface area contributed by atoms with Crippen LogP contribution in [0.15, 0.2) is 91.0 Å². The van der Waals surface area contributed by atoms with E-state index >= 15 is 0 Å². The van der Waals surface area contributed by atoms with E-state index in [-0.39, 0.29) is 12.1 Å². The summed E-state index contributed by atoms with van der Waals surface area (Å²) in [5.74, 6) is -1.42. The molecule has 32 heavy (non-hydrogen) atoms. The van der Waals surface area contributed by atoms with Gasteiger partial charge in [0, 0.05) is 11.1 Å². The maximum atomic E-state index is 13.5. The first-order chi connectivity index (χ1) is 15.5. The predicted octanol–water partition coefficient (Wildman–Crippen LogP) is 4.99. The number of para-hydroxylation sites is 1. The van der Waals surface area contributed by atoms with Crippen LogP contribution in [0.4, 0.5) is 10.1 Å². The quantitative estimate of drug-likeness (QED) is 0.459. The average Bonchev–Trinajstić information content (AvgIpc) is 3.01. The van der Waals surface area contributed by atoms with Gasteiger partial charge >= 0.3 is 0 Å². The number of Topliss-reactive ketones (excluding diaryl/α,β-unsaturated/α-hetero) is 1. The fraction of sp³-hybridized carbons (Fsp3) is 0.111. The third-order valence-electron chi connectivity index (χ3n) is 6.03. The zero-order valence-electron chi connectivity index (χ0n) is 17.2. The lowest BCUT2D eigenvalue weighted by atomic mass is 9.88. The molecule has 1 heterocycles. The minimum atomic E-state index is -1.98. The van der Waals surface area contributed by atoms with Crippen LogP contribution < -0.4 is 4.90 Å². The minimum Gasteiger partial charge on any atom is -0.375 e. The molecule has 0 bridgehead atoms. The van der Waals surface area contributed by atoms with Gasteiger partial charge in [-0.25, -0.2) is 4.39 Å². The van der Waals surface area contributed by atoms with Gasteiger partial charge in [-0.3, -0.25) is 9.59 Å². The Balaban J connectivity index is 1.51. The van der Waals surface area contributed by atoms with E-state index in [1.807, 2.05) is 42.5 Å². The number of hydrogen-bond donors (Lipinski definition) is 1. The van der Waals surface area contributed by atoms with Crippen LogP contribution in [0.1, 0.15) is 27.9 Å². The molecule has 4 nitrogen and oxygen atoms in total. The predicted molar refractivity (Wildman–Crippen MR) is 121 cm³/mol. The van der Waals surface area contributed by atoms with Crippen LogP contribution in [0.3, 0.4) is 0 Å². The molecule has 4 aromatic carbocycles. The van der Waals surface area contributed by atoms with Gasteiger partial charge in [-0.1, -0.05) is 60.7 Å². The highest BCUT2D eigenvalue weighted by atomic mass is 19.1. The van der Waals surface area contributed by atoms with Crippen molar-refractivity contribution in [1.29, 1.82) is 0 Å². The van der Waals surface area contributed by atoms with E-state index in [9.17, 15) is 19.1 Å². The standard InChI is InChI=1S/C27H20FNO3/c28-21-14-12-19(13-15-21)25(30)16-27(32)23-10-3-4-11-24(23)29(26(27)31)17-20-8-5-7-18-6-1-2-9-22(18)20/h1-15,32H,16-17H2. The fourth-order valence-corrected chi connectivity index (χ4v) is 4.41. The smallest absolute Gasteiger partial charge is 0.264 e. The number of halogens is 1. The Bertz CT molecular complexity index is 1340. The summed E-state index contributed by atoms with van der Waals surface area (Å²) in [7, 11) is 0. The zero-order valence-corrected chi connectivity index (χ0v) is 17.2. The number of carbonyl (C=O) groups is 2. The van der Waals surface area contributed by atoms with E-state index in [1.165, 1.54) is 29.2 Å². The molecule has 0 saturated heterocycles. The number of carbonyl (C=O) groups excluding carboxylic acids is 2. The van der Waals surface area contributed by atoms with Gasteiger partial charge in [0.2, 0.25) is 0 Å². The highest BCUT2D eigenvalue weighted by Crippen LogP contribution is 2.43. The van der Waals surface area contributed by atoms with E-state index in [4.69, 9.17) is 0 Å². The van der Waals surface area contributed by atoms with Gasteiger partial charge in [-0.05, 0) is 46.7 Å². The number of rotatable bonds is 5. The van der Waals surface area contributed by atoms with Crippen LogP contribution in [0.5, 0.6) is 0 Å². The van der Waals surface area contributed by atoms with E-state index in [0.29, 0.717) is 11.3 Å². The third-order valence-corrected chi connectivity index (χ3v) is 6.03. The average molecular weight is 425 g/mol. The Labute approximate surface area is 184 Å². The monoisotopic (exact) mass is 425 g/mol. The Morgan fingerprint density at radius 1 is 0.875 bits per heavy atom. The summed E-state index contributed by atoms with van der Waals surface area (Å²) in [5.41, 5.74) is 0.200. The van der Waals surface area contributed by atoms with Crippen LogP contribution in [0.2, 0.25) is 0 Å². The second-order valence-electron chi connectivity index (χ2n) is 8.01. The number of hydrogen-bond acceptors (Lipinski definition) is 3. The number of aliphatic hydroxyl groups is 1. The number of anilines is 1. The molecule has 158 valence electrons. The second kappa shape index (κ2) is 7.70. The second-order valence-corrected chi connectivity index (χ2v) is 8.01. The van der Waals surface area contributed by atoms with Crippen molar-refractivity contribution in [3.8, 4) is 0 Å². The summed E-state index contributed by atoms with van der Waals surface area (Å²) >= 11 is 0. The lowest BCUT2D eigenvalue weighted by Gasteiger charge is -2.23. The lowest BCUT2D eigenvalue weighted by Crippen LogP contribution is -2.41. The van der Waals surface area contributed by atoms with Crippen molar-refractivity contribution in [1.82, 2.24) is 0 Å². The van der Waals surface area contributed by atoms with Crippen molar-refractivity contribution in [2.45, 2.75) is 18.6 Å². The summed E-state index contributed by atoms with van der Waals surface area (Å²) in [5, 5.41) is 13.6. The van der Waals surface area contributed by atoms with Crippen LogP contribution >= 0.6 is 0 Å². The first kappa shape index (κ1) is 20.1. The van der Waals surface area contributed by atoms with Crippen LogP contribution in [0, 0.1) is 5.82 Å². The molecule has 5 rings (SSSR count). The summed E-state index contributed by atoms with van der Waals surface area (Å²) in [6.07, 6.45) is -0.416. The summed E-state index contributed by atoms with van der Waals surface area (Å²) in [4.78, 5) is 27.9. The van der Waals surface area contributed by atoms with Gasteiger partial charge in [-0.2, -0.15) is 0 Å². The highest BCUT2D eigenvalue weighted by Gasteiger charge is 2.50. The summed E-state index contributed by atoms with van der Waals surface area (Å²) in [6, 6.07) is 25.9. The van der Waals surface area contributed by atoms with Crippen LogP contribution in [-0.2, 0) is 16.9 Å². The number of benzene rings is 4. The van der Waals surface area contributed by atoms with Gasteiger partial charge in [0.15, 0.2) is 11.4 Å². The van der Waals surface area contributed by atoms with E-state index in [2.05, 4.69) is 0 Å². The Morgan fingerprint density at radius 2 is 1.56 bits per heavy atom. The molecule has 1 N–H and O–H groups in total. The molecule has 1 aliphatic rings. The van der Waals surface area contributed by atoms with Gasteiger partial charge in [0.1, 0.15) is 5.82 Å². The number of amides is 1. The van der Waals surface area contributed by atoms with Crippen LogP contribution in [-0.4, -0.2) is 16.8 Å². The Morgan fingerprint density at radius 3 is 2.38 bits per heavy atom. The number of nitrogens with zero attached hydrogens (tertiary/aromatic N) is 1. The molecular weight excluding hydrogens is 405 g/mol. The van der Waals surface area contributed by atoms with Gasteiger partial charge in [0.25, 0.3) is 5.91 Å². The fourth-order valence-electron chi connectivity index (χ4n) is 4.41. The van der Waals surface area contributed by atoms with Crippen molar-refractivity contribution < 1.29 is 19.1 Å². The molecule has 5 heteroatoms. The zero-order chi connectivity index (χ0) is 22.3. The maximum absolute atomic E-state index is 13.5. The first-order valence-electron chi connectivity index (χ1n) is 10.4. The van der Waals surface area contributed by atoms with Crippen molar-refractivity contribution >= 4 is 28.2 Å². The molecule has 0 fully saturated rings. The molecule has 0 aromatic heterocycles. The molecule has 1 atom stereocenters. The molecular formula is C27H20FNO3. The van der Waals surface area contributed by atoms with Gasteiger partial charge in [0.05, 0.1) is 18.7 Å². The number of ketones is 1. The molecule has 1 amide bonds. The topological polar surface area (TPSA) is 57.6 Å². The summed E-state index contributed by atoms with van der Waals surface area (Å²) < 4.78 is 13.2. The first-order valence-corrected chi connectivity index (χ1v) is 10.4. The molecule has 0 radical (unpaired) electrons. The molecule has 0 aliphatic carbocycles. The molecule has 0 saturated carbocycles. The SMILES string of the molecule is O=C(CC1(O)C(=O)N(Cc2cccc3ccccc23)c2ccccc21)c1ccc(F)cc1. The van der Waals surface area contributed by atoms with Crippen LogP contribution in [0.25, 0.3) is 10.8 Å². The Kier molecular flexibility index (Phi) is 4.83. The van der Waals surface area contributed by atoms with E-state index < -0.39 is 29.5 Å². The largest absolute Gasteiger partial charge is 0.375 e. The molecule has 1 aliphatic heterocycles. The molecule has 4 aromatic rings. The van der Waals surface area contributed by atoms with E-state index in [0.717, 1.165) is 16.3 Å². The van der Waals surface area contributed by atoms with Crippen molar-refractivity contribution in [3.63, 3.8) is 0 Å². The third kappa shape index (κ3) is 3.27. The lowest BCUT2D eigenvalue weighted by molar-refractivity contribution is -0.136. The van der Waals surface area contributed by atoms with Gasteiger partial charge in [-0.15, -0.1) is 0 Å².